The first kappa shape index (κ1) is 14.3. The Balaban J connectivity index is 2.35. The lowest BCUT2D eigenvalue weighted by atomic mass is 9.81. The van der Waals surface area contributed by atoms with E-state index in [1.807, 2.05) is 18.7 Å². The maximum absolute atomic E-state index is 11.2. The van der Waals surface area contributed by atoms with Gasteiger partial charge in [0.05, 0.1) is 11.0 Å². The standard InChI is InChI=1S/C13H17BrN2O3/c1-13(2)8-15(6-5-12(13)17)10-4-3-9(14)7-11(10)16(18)19/h3-4,7,12,17H,5-6,8H2,1-2H3. The van der Waals surface area contributed by atoms with Gasteiger partial charge in [-0.2, -0.15) is 0 Å². The molecule has 1 fully saturated rings. The third-order valence-corrected chi connectivity index (χ3v) is 4.14. The van der Waals surface area contributed by atoms with Gasteiger partial charge in [0.25, 0.3) is 5.69 Å². The van der Waals surface area contributed by atoms with Crippen molar-refractivity contribution >= 4 is 27.3 Å². The number of aliphatic hydroxyl groups excluding tert-OH is 1. The number of aliphatic hydroxyl groups is 1. The van der Waals surface area contributed by atoms with E-state index >= 15 is 0 Å². The van der Waals surface area contributed by atoms with Gasteiger partial charge in [0.15, 0.2) is 0 Å². The lowest BCUT2D eigenvalue weighted by Crippen LogP contribution is -2.48. The fourth-order valence-electron chi connectivity index (χ4n) is 2.46. The fourth-order valence-corrected chi connectivity index (χ4v) is 2.81. The lowest BCUT2D eigenvalue weighted by molar-refractivity contribution is -0.384. The molecule has 1 saturated heterocycles. The van der Waals surface area contributed by atoms with Crippen LogP contribution in [0.2, 0.25) is 0 Å². The number of nitrogens with zero attached hydrogens (tertiary/aromatic N) is 2. The molecule has 1 atom stereocenters. The van der Waals surface area contributed by atoms with Crippen molar-refractivity contribution in [2.75, 3.05) is 18.0 Å². The first-order valence-corrected chi connectivity index (χ1v) is 6.97. The Morgan fingerprint density at radius 3 is 2.79 bits per heavy atom. The van der Waals surface area contributed by atoms with E-state index in [9.17, 15) is 15.2 Å². The largest absolute Gasteiger partial charge is 0.392 e. The van der Waals surface area contributed by atoms with Crippen molar-refractivity contribution < 1.29 is 10.0 Å². The van der Waals surface area contributed by atoms with E-state index in [0.717, 1.165) is 0 Å². The fraction of sp³-hybridized carbons (Fsp3) is 0.538. The van der Waals surface area contributed by atoms with Gasteiger partial charge in [-0.05, 0) is 18.6 Å². The van der Waals surface area contributed by atoms with Crippen molar-refractivity contribution in [1.29, 1.82) is 0 Å². The molecule has 0 aliphatic carbocycles. The normalized spacial score (nSPS) is 22.3. The summed E-state index contributed by atoms with van der Waals surface area (Å²) in [5.74, 6) is 0. The highest BCUT2D eigenvalue weighted by Crippen LogP contribution is 2.37. The zero-order valence-corrected chi connectivity index (χ0v) is 12.6. The minimum atomic E-state index is -0.363. The van der Waals surface area contributed by atoms with Crippen LogP contribution in [0.5, 0.6) is 0 Å². The van der Waals surface area contributed by atoms with Gasteiger partial charge in [-0.15, -0.1) is 0 Å². The van der Waals surface area contributed by atoms with Crippen molar-refractivity contribution in [3.8, 4) is 0 Å². The number of hydrogen-bond donors (Lipinski definition) is 1. The molecule has 1 unspecified atom stereocenters. The van der Waals surface area contributed by atoms with Crippen LogP contribution >= 0.6 is 15.9 Å². The second kappa shape index (κ2) is 5.09. The molecule has 5 nitrogen and oxygen atoms in total. The predicted molar refractivity (Wildman–Crippen MR) is 77.4 cm³/mol. The van der Waals surface area contributed by atoms with Crippen molar-refractivity contribution in [3.63, 3.8) is 0 Å². The van der Waals surface area contributed by atoms with Gasteiger partial charge in [-0.3, -0.25) is 10.1 Å². The van der Waals surface area contributed by atoms with Gasteiger partial charge < -0.3 is 10.0 Å². The predicted octanol–water partition coefficient (Wildman–Crippen LogP) is 2.95. The van der Waals surface area contributed by atoms with Gasteiger partial charge in [0.1, 0.15) is 5.69 Å². The van der Waals surface area contributed by atoms with Crippen LogP contribution < -0.4 is 4.90 Å². The Morgan fingerprint density at radius 1 is 1.53 bits per heavy atom. The molecule has 1 aromatic rings. The SMILES string of the molecule is CC1(C)CN(c2ccc(Br)cc2[N+](=O)[O-])CCC1O. The quantitative estimate of drug-likeness (QED) is 0.669. The first-order chi connectivity index (χ1) is 8.81. The Labute approximate surface area is 120 Å². The van der Waals surface area contributed by atoms with Gasteiger partial charge in [-0.25, -0.2) is 0 Å². The van der Waals surface area contributed by atoms with Crippen molar-refractivity contribution in [3.05, 3.63) is 32.8 Å². The molecule has 0 radical (unpaired) electrons. The molecule has 104 valence electrons. The number of halogens is 1. The molecular weight excluding hydrogens is 312 g/mol. The maximum atomic E-state index is 11.2. The molecule has 6 heteroatoms. The highest BCUT2D eigenvalue weighted by Gasteiger charge is 2.36. The molecule has 19 heavy (non-hydrogen) atoms. The third kappa shape index (κ3) is 2.90. The summed E-state index contributed by atoms with van der Waals surface area (Å²) in [6.45, 7) is 5.20. The Hall–Kier alpha value is -1.14. The van der Waals surface area contributed by atoms with Gasteiger partial charge in [0, 0.05) is 29.0 Å². The van der Waals surface area contributed by atoms with E-state index in [1.54, 1.807) is 12.1 Å². The van der Waals surface area contributed by atoms with E-state index in [4.69, 9.17) is 0 Å². The topological polar surface area (TPSA) is 66.6 Å². The summed E-state index contributed by atoms with van der Waals surface area (Å²) in [4.78, 5) is 12.8. The summed E-state index contributed by atoms with van der Waals surface area (Å²) in [7, 11) is 0. The first-order valence-electron chi connectivity index (χ1n) is 6.18. The zero-order valence-electron chi connectivity index (χ0n) is 11.0. The van der Waals surface area contributed by atoms with Crippen LogP contribution in [0.1, 0.15) is 20.3 Å². The monoisotopic (exact) mass is 328 g/mol. The Kier molecular flexibility index (Phi) is 3.82. The molecule has 0 saturated carbocycles. The van der Waals surface area contributed by atoms with E-state index in [1.165, 1.54) is 6.07 Å². The van der Waals surface area contributed by atoms with Gasteiger partial charge >= 0.3 is 0 Å². The summed E-state index contributed by atoms with van der Waals surface area (Å²) in [6, 6.07) is 5.09. The molecular formula is C13H17BrN2O3. The molecule has 1 heterocycles. The number of piperidine rings is 1. The third-order valence-electron chi connectivity index (χ3n) is 3.65. The zero-order chi connectivity index (χ0) is 14.2. The summed E-state index contributed by atoms with van der Waals surface area (Å²) in [5, 5.41) is 21.1. The summed E-state index contributed by atoms with van der Waals surface area (Å²) in [6.07, 6.45) is 0.262. The second-order valence-electron chi connectivity index (χ2n) is 5.60. The summed E-state index contributed by atoms with van der Waals surface area (Å²) in [5.41, 5.74) is 0.453. The average Bonchev–Trinajstić information content (AvgIpc) is 2.32. The molecule has 2 rings (SSSR count). The van der Waals surface area contributed by atoms with Crippen molar-refractivity contribution in [1.82, 2.24) is 0 Å². The molecule has 1 N–H and O–H groups in total. The van der Waals surface area contributed by atoms with Gasteiger partial charge in [-0.1, -0.05) is 29.8 Å². The molecule has 1 aromatic carbocycles. The average molecular weight is 329 g/mol. The van der Waals surface area contributed by atoms with E-state index in [0.29, 0.717) is 29.7 Å². The molecule has 1 aliphatic rings. The number of anilines is 1. The number of rotatable bonds is 2. The van der Waals surface area contributed by atoms with E-state index in [-0.39, 0.29) is 22.1 Å². The molecule has 0 spiro atoms. The Morgan fingerprint density at radius 2 is 2.21 bits per heavy atom. The van der Waals surface area contributed by atoms with Crippen molar-refractivity contribution in [2.24, 2.45) is 5.41 Å². The lowest BCUT2D eigenvalue weighted by Gasteiger charge is -2.42. The van der Waals surface area contributed by atoms with E-state index in [2.05, 4.69) is 15.9 Å². The highest BCUT2D eigenvalue weighted by molar-refractivity contribution is 9.10. The number of nitro benzene ring substituents is 1. The summed E-state index contributed by atoms with van der Waals surface area (Å²) < 4.78 is 0.694. The maximum Gasteiger partial charge on any atom is 0.293 e. The van der Waals surface area contributed by atoms with Crippen LogP contribution in [0.3, 0.4) is 0 Å². The molecule has 1 aliphatic heterocycles. The van der Waals surface area contributed by atoms with Crippen LogP contribution in [-0.4, -0.2) is 29.2 Å². The Bertz CT molecular complexity index is 505. The minimum absolute atomic E-state index is 0.0987. The van der Waals surface area contributed by atoms with Crippen LogP contribution in [0, 0.1) is 15.5 Å². The smallest absolute Gasteiger partial charge is 0.293 e. The molecule has 0 aromatic heterocycles. The van der Waals surface area contributed by atoms with Gasteiger partial charge in [0.2, 0.25) is 0 Å². The van der Waals surface area contributed by atoms with Crippen LogP contribution in [0.25, 0.3) is 0 Å². The number of hydrogen-bond acceptors (Lipinski definition) is 4. The molecule has 0 bridgehead atoms. The number of benzene rings is 1. The minimum Gasteiger partial charge on any atom is -0.392 e. The van der Waals surface area contributed by atoms with Crippen molar-refractivity contribution in [2.45, 2.75) is 26.4 Å². The molecule has 0 amide bonds. The number of nitro groups is 1. The van der Waals surface area contributed by atoms with Crippen LogP contribution in [0.15, 0.2) is 22.7 Å². The van der Waals surface area contributed by atoms with Crippen LogP contribution in [-0.2, 0) is 0 Å². The highest BCUT2D eigenvalue weighted by atomic mass is 79.9. The van der Waals surface area contributed by atoms with E-state index < -0.39 is 0 Å². The van der Waals surface area contributed by atoms with Crippen LogP contribution in [0.4, 0.5) is 11.4 Å². The summed E-state index contributed by atoms with van der Waals surface area (Å²) >= 11 is 3.26. The second-order valence-corrected chi connectivity index (χ2v) is 6.52.